The van der Waals surface area contributed by atoms with E-state index in [1.807, 2.05) is 0 Å². The Balaban J connectivity index is 1.75. The van der Waals surface area contributed by atoms with E-state index in [1.54, 1.807) is 13.4 Å². The average Bonchev–Trinajstić information content (AvgIpc) is 2.62. The Bertz CT molecular complexity index is 376. The van der Waals surface area contributed by atoms with Crippen LogP contribution in [0.5, 0.6) is 0 Å². The number of hydrogen-bond acceptors (Lipinski definition) is 3. The van der Waals surface area contributed by atoms with Gasteiger partial charge in [0.25, 0.3) is 0 Å². The zero-order chi connectivity index (χ0) is 11.4. The molecule has 0 bridgehead atoms. The maximum Gasteiger partial charge on any atom is 0.345 e. The zero-order valence-corrected chi connectivity index (χ0v) is 9.85. The molecule has 0 aliphatic heterocycles. The lowest BCUT2D eigenvalue weighted by molar-refractivity contribution is 0.363. The lowest BCUT2D eigenvalue weighted by atomic mass is 9.95. The number of rotatable bonds is 4. The minimum Gasteiger partial charge on any atom is -0.312 e. The molecular formula is C11H20N4O. The van der Waals surface area contributed by atoms with Crippen molar-refractivity contribution in [3.05, 3.63) is 16.8 Å². The molecule has 0 spiro atoms. The fourth-order valence-corrected chi connectivity index (χ4v) is 2.26. The van der Waals surface area contributed by atoms with Crippen LogP contribution in [-0.2, 0) is 13.6 Å². The summed E-state index contributed by atoms with van der Waals surface area (Å²) in [5, 5.41) is 7.52. The highest BCUT2D eigenvalue weighted by Gasteiger charge is 2.12. The quantitative estimate of drug-likeness (QED) is 0.810. The minimum absolute atomic E-state index is 0.0366. The molecule has 1 heterocycles. The van der Waals surface area contributed by atoms with Gasteiger partial charge in [0.1, 0.15) is 6.33 Å². The van der Waals surface area contributed by atoms with Gasteiger partial charge in [-0.15, -0.1) is 0 Å². The second-order valence-electron chi connectivity index (χ2n) is 4.54. The van der Waals surface area contributed by atoms with Crippen molar-refractivity contribution in [2.45, 2.75) is 44.7 Å². The van der Waals surface area contributed by atoms with E-state index in [0.717, 1.165) is 6.54 Å². The topological polar surface area (TPSA) is 51.9 Å². The Morgan fingerprint density at radius 3 is 2.81 bits per heavy atom. The first-order chi connectivity index (χ1) is 7.77. The number of hydrogen-bond donors (Lipinski definition) is 1. The van der Waals surface area contributed by atoms with Crippen LogP contribution in [0.1, 0.15) is 32.1 Å². The average molecular weight is 224 g/mol. The predicted octanol–water partition coefficient (Wildman–Crippen LogP) is 0.504. The van der Waals surface area contributed by atoms with Gasteiger partial charge in [0, 0.05) is 19.6 Å². The third-order valence-corrected chi connectivity index (χ3v) is 3.25. The van der Waals surface area contributed by atoms with Crippen LogP contribution in [0.25, 0.3) is 0 Å². The molecular weight excluding hydrogens is 204 g/mol. The Hall–Kier alpha value is -1.10. The van der Waals surface area contributed by atoms with Crippen LogP contribution in [0.2, 0.25) is 0 Å². The normalized spacial score (nSPS) is 17.8. The van der Waals surface area contributed by atoms with E-state index in [9.17, 15) is 4.79 Å². The van der Waals surface area contributed by atoms with Crippen molar-refractivity contribution in [2.75, 3.05) is 6.54 Å². The first kappa shape index (κ1) is 11.4. The smallest absolute Gasteiger partial charge is 0.312 e. The molecule has 0 saturated heterocycles. The van der Waals surface area contributed by atoms with Gasteiger partial charge in [0.2, 0.25) is 0 Å². The fourth-order valence-electron chi connectivity index (χ4n) is 2.26. The van der Waals surface area contributed by atoms with Crippen LogP contribution in [0.4, 0.5) is 0 Å². The molecule has 0 aromatic carbocycles. The fraction of sp³-hybridized carbons (Fsp3) is 0.818. The van der Waals surface area contributed by atoms with Gasteiger partial charge in [-0.25, -0.2) is 9.48 Å². The Morgan fingerprint density at radius 2 is 2.19 bits per heavy atom. The van der Waals surface area contributed by atoms with Crippen molar-refractivity contribution in [1.82, 2.24) is 19.7 Å². The molecule has 0 amide bonds. The Kier molecular flexibility index (Phi) is 3.77. The highest BCUT2D eigenvalue weighted by Crippen LogP contribution is 2.16. The number of nitrogens with zero attached hydrogens (tertiary/aromatic N) is 3. The van der Waals surface area contributed by atoms with Gasteiger partial charge in [-0.3, -0.25) is 4.57 Å². The van der Waals surface area contributed by atoms with E-state index < -0.39 is 0 Å². The third-order valence-electron chi connectivity index (χ3n) is 3.25. The maximum absolute atomic E-state index is 11.5. The molecule has 1 fully saturated rings. The van der Waals surface area contributed by atoms with E-state index in [2.05, 4.69) is 10.4 Å². The number of aromatic nitrogens is 3. The second-order valence-corrected chi connectivity index (χ2v) is 4.54. The molecule has 1 aromatic heterocycles. The molecule has 1 N–H and O–H groups in total. The van der Waals surface area contributed by atoms with Gasteiger partial charge < -0.3 is 5.32 Å². The van der Waals surface area contributed by atoms with Gasteiger partial charge in [-0.2, -0.15) is 5.10 Å². The molecule has 0 radical (unpaired) electrons. The van der Waals surface area contributed by atoms with Crippen LogP contribution >= 0.6 is 0 Å². The molecule has 5 nitrogen and oxygen atoms in total. The van der Waals surface area contributed by atoms with Crippen LogP contribution < -0.4 is 11.0 Å². The van der Waals surface area contributed by atoms with Crippen molar-refractivity contribution in [3.8, 4) is 0 Å². The van der Waals surface area contributed by atoms with Gasteiger partial charge in [0.05, 0.1) is 6.54 Å². The second kappa shape index (κ2) is 5.30. The molecule has 1 aliphatic rings. The largest absolute Gasteiger partial charge is 0.345 e. The van der Waals surface area contributed by atoms with Crippen LogP contribution in [-0.4, -0.2) is 26.9 Å². The third kappa shape index (κ3) is 2.72. The van der Waals surface area contributed by atoms with E-state index in [-0.39, 0.29) is 5.69 Å². The van der Waals surface area contributed by atoms with Crippen molar-refractivity contribution in [3.63, 3.8) is 0 Å². The summed E-state index contributed by atoms with van der Waals surface area (Å²) in [6.45, 7) is 1.50. The standard InChI is InChI=1S/C11H20N4O/c1-14-9-13-15(11(14)16)8-7-12-10-5-3-2-4-6-10/h9-10,12H,2-8H2,1H3. The van der Waals surface area contributed by atoms with Crippen molar-refractivity contribution < 1.29 is 0 Å². The number of aryl methyl sites for hydroxylation is 1. The molecule has 16 heavy (non-hydrogen) atoms. The first-order valence-corrected chi connectivity index (χ1v) is 6.09. The lowest BCUT2D eigenvalue weighted by Gasteiger charge is -2.22. The van der Waals surface area contributed by atoms with Crippen molar-refractivity contribution in [1.29, 1.82) is 0 Å². The Morgan fingerprint density at radius 1 is 1.44 bits per heavy atom. The summed E-state index contributed by atoms with van der Waals surface area (Å²) in [5.74, 6) is 0. The summed E-state index contributed by atoms with van der Waals surface area (Å²) in [5.41, 5.74) is -0.0366. The van der Waals surface area contributed by atoms with Crippen LogP contribution in [0, 0.1) is 0 Å². The zero-order valence-electron chi connectivity index (χ0n) is 9.85. The van der Waals surface area contributed by atoms with Gasteiger partial charge in [-0.05, 0) is 12.8 Å². The van der Waals surface area contributed by atoms with Crippen molar-refractivity contribution >= 4 is 0 Å². The van der Waals surface area contributed by atoms with E-state index in [1.165, 1.54) is 41.4 Å². The van der Waals surface area contributed by atoms with E-state index >= 15 is 0 Å². The minimum atomic E-state index is -0.0366. The molecule has 0 unspecified atom stereocenters. The first-order valence-electron chi connectivity index (χ1n) is 6.09. The summed E-state index contributed by atoms with van der Waals surface area (Å²) in [6, 6.07) is 0.646. The van der Waals surface area contributed by atoms with Crippen LogP contribution in [0.3, 0.4) is 0 Å². The van der Waals surface area contributed by atoms with E-state index in [4.69, 9.17) is 0 Å². The number of nitrogens with one attached hydrogen (secondary N) is 1. The van der Waals surface area contributed by atoms with E-state index in [0.29, 0.717) is 12.6 Å². The summed E-state index contributed by atoms with van der Waals surface area (Å²) < 4.78 is 3.01. The molecule has 0 atom stereocenters. The molecule has 1 aliphatic carbocycles. The highest BCUT2D eigenvalue weighted by molar-refractivity contribution is 4.72. The van der Waals surface area contributed by atoms with Crippen molar-refractivity contribution in [2.24, 2.45) is 7.05 Å². The summed E-state index contributed by atoms with van der Waals surface area (Å²) in [4.78, 5) is 11.5. The van der Waals surface area contributed by atoms with Gasteiger partial charge in [-0.1, -0.05) is 19.3 Å². The monoisotopic (exact) mass is 224 g/mol. The summed E-state index contributed by atoms with van der Waals surface area (Å²) >= 11 is 0. The maximum atomic E-state index is 11.5. The highest BCUT2D eigenvalue weighted by atomic mass is 16.2. The molecule has 1 saturated carbocycles. The molecule has 90 valence electrons. The van der Waals surface area contributed by atoms with Crippen LogP contribution in [0.15, 0.2) is 11.1 Å². The lowest BCUT2D eigenvalue weighted by Crippen LogP contribution is -2.35. The molecule has 1 aromatic rings. The van der Waals surface area contributed by atoms with Gasteiger partial charge in [0.15, 0.2) is 0 Å². The summed E-state index contributed by atoms with van der Waals surface area (Å²) in [6.07, 6.45) is 8.15. The SMILES string of the molecule is Cn1cnn(CCNC2CCCCC2)c1=O. The predicted molar refractivity (Wildman–Crippen MR) is 62.3 cm³/mol. The molecule has 2 rings (SSSR count). The molecule has 5 heteroatoms. The Labute approximate surface area is 95.5 Å². The van der Waals surface area contributed by atoms with Gasteiger partial charge >= 0.3 is 5.69 Å². The summed E-state index contributed by atoms with van der Waals surface area (Å²) in [7, 11) is 1.72.